The molecule has 27 heavy (non-hydrogen) atoms. The lowest BCUT2D eigenvalue weighted by molar-refractivity contribution is 0.0687. The molecule has 1 aliphatic rings. The van der Waals surface area contributed by atoms with Gasteiger partial charge in [0.15, 0.2) is 5.78 Å². The van der Waals surface area contributed by atoms with Gasteiger partial charge in [0.05, 0.1) is 5.56 Å². The van der Waals surface area contributed by atoms with Gasteiger partial charge in [0, 0.05) is 24.2 Å². The fourth-order valence-electron chi connectivity index (χ4n) is 3.59. The number of rotatable bonds is 6. The van der Waals surface area contributed by atoms with Gasteiger partial charge in [-0.15, -0.1) is 0 Å². The Labute approximate surface area is 161 Å². The molecule has 1 heterocycles. The van der Waals surface area contributed by atoms with Crippen LogP contribution in [0.4, 0.5) is 0 Å². The predicted molar refractivity (Wildman–Crippen MR) is 108 cm³/mol. The number of nitrogens with one attached hydrogen (secondary N) is 1. The topological polar surface area (TPSA) is 49.4 Å². The third-order valence-corrected chi connectivity index (χ3v) is 5.30. The SMILES string of the molecule is CCNCC1CCN(C(=O)c2ccccc2C(=O)c2ccc(C)cc2)CC1. The number of hydrogen-bond acceptors (Lipinski definition) is 3. The molecule has 1 saturated heterocycles. The smallest absolute Gasteiger partial charge is 0.254 e. The lowest BCUT2D eigenvalue weighted by Gasteiger charge is -2.32. The first-order valence-corrected chi connectivity index (χ1v) is 9.80. The number of nitrogens with zero attached hydrogens (tertiary/aromatic N) is 1. The van der Waals surface area contributed by atoms with E-state index < -0.39 is 0 Å². The van der Waals surface area contributed by atoms with Crippen LogP contribution < -0.4 is 5.32 Å². The van der Waals surface area contributed by atoms with E-state index in [1.165, 1.54) is 0 Å². The van der Waals surface area contributed by atoms with Gasteiger partial charge < -0.3 is 10.2 Å². The Balaban J connectivity index is 1.75. The summed E-state index contributed by atoms with van der Waals surface area (Å²) in [7, 11) is 0. The van der Waals surface area contributed by atoms with E-state index in [9.17, 15) is 9.59 Å². The van der Waals surface area contributed by atoms with Crippen molar-refractivity contribution in [3.05, 3.63) is 70.8 Å². The monoisotopic (exact) mass is 364 g/mol. The molecule has 1 amide bonds. The Morgan fingerprint density at radius 1 is 1.00 bits per heavy atom. The average Bonchev–Trinajstić information content (AvgIpc) is 2.72. The maximum Gasteiger partial charge on any atom is 0.254 e. The van der Waals surface area contributed by atoms with Gasteiger partial charge in [-0.1, -0.05) is 55.0 Å². The van der Waals surface area contributed by atoms with Crippen molar-refractivity contribution in [2.45, 2.75) is 26.7 Å². The molecule has 1 N–H and O–H groups in total. The van der Waals surface area contributed by atoms with Crippen molar-refractivity contribution in [2.24, 2.45) is 5.92 Å². The van der Waals surface area contributed by atoms with Crippen LogP contribution in [0.25, 0.3) is 0 Å². The highest BCUT2D eigenvalue weighted by molar-refractivity contribution is 6.15. The van der Waals surface area contributed by atoms with Gasteiger partial charge in [-0.3, -0.25) is 9.59 Å². The minimum Gasteiger partial charge on any atom is -0.339 e. The third kappa shape index (κ3) is 4.64. The van der Waals surface area contributed by atoms with E-state index in [1.807, 2.05) is 48.2 Å². The number of aryl methyl sites for hydroxylation is 1. The second-order valence-corrected chi connectivity index (χ2v) is 7.28. The lowest BCUT2D eigenvalue weighted by atomic mass is 9.94. The highest BCUT2D eigenvalue weighted by atomic mass is 16.2. The molecule has 142 valence electrons. The number of carbonyl (C=O) groups is 2. The van der Waals surface area contributed by atoms with Crippen molar-refractivity contribution in [3.8, 4) is 0 Å². The second kappa shape index (κ2) is 8.96. The molecule has 4 nitrogen and oxygen atoms in total. The fraction of sp³-hybridized carbons (Fsp3) is 0.391. The Kier molecular flexibility index (Phi) is 6.40. The van der Waals surface area contributed by atoms with Crippen molar-refractivity contribution in [1.82, 2.24) is 10.2 Å². The van der Waals surface area contributed by atoms with Gasteiger partial charge in [0.2, 0.25) is 0 Å². The van der Waals surface area contributed by atoms with Crippen LogP contribution in [-0.4, -0.2) is 42.8 Å². The molecular formula is C23H28N2O2. The minimum atomic E-state index is -0.0963. The summed E-state index contributed by atoms with van der Waals surface area (Å²) in [6.45, 7) is 7.60. The molecule has 0 spiro atoms. The zero-order chi connectivity index (χ0) is 19.2. The number of hydrogen-bond donors (Lipinski definition) is 1. The molecule has 0 bridgehead atoms. The molecule has 2 aromatic carbocycles. The minimum absolute atomic E-state index is 0.0343. The van der Waals surface area contributed by atoms with Gasteiger partial charge in [0.1, 0.15) is 0 Å². The average molecular weight is 364 g/mol. The number of piperidine rings is 1. The molecule has 2 aromatic rings. The van der Waals surface area contributed by atoms with E-state index in [4.69, 9.17) is 0 Å². The van der Waals surface area contributed by atoms with Gasteiger partial charge in [-0.25, -0.2) is 0 Å². The molecule has 1 aliphatic heterocycles. The molecule has 1 fully saturated rings. The zero-order valence-corrected chi connectivity index (χ0v) is 16.2. The first-order valence-electron chi connectivity index (χ1n) is 9.80. The van der Waals surface area contributed by atoms with Crippen LogP contribution in [0.15, 0.2) is 48.5 Å². The Morgan fingerprint density at radius 2 is 1.63 bits per heavy atom. The van der Waals surface area contributed by atoms with Crippen LogP contribution in [0.1, 0.15) is 51.6 Å². The van der Waals surface area contributed by atoms with E-state index in [-0.39, 0.29) is 11.7 Å². The quantitative estimate of drug-likeness (QED) is 0.796. The zero-order valence-electron chi connectivity index (χ0n) is 16.2. The van der Waals surface area contributed by atoms with E-state index >= 15 is 0 Å². The number of likely N-dealkylation sites (tertiary alicyclic amines) is 1. The molecule has 3 rings (SSSR count). The summed E-state index contributed by atoms with van der Waals surface area (Å²) in [6, 6.07) is 14.7. The highest BCUT2D eigenvalue weighted by Gasteiger charge is 2.26. The third-order valence-electron chi connectivity index (χ3n) is 5.30. The van der Waals surface area contributed by atoms with E-state index in [0.29, 0.717) is 22.6 Å². The van der Waals surface area contributed by atoms with Gasteiger partial charge in [-0.2, -0.15) is 0 Å². The molecule has 0 atom stereocenters. The van der Waals surface area contributed by atoms with Crippen LogP contribution >= 0.6 is 0 Å². The van der Waals surface area contributed by atoms with Crippen molar-refractivity contribution in [3.63, 3.8) is 0 Å². The Bertz CT molecular complexity index is 790. The first-order chi connectivity index (χ1) is 13.1. The van der Waals surface area contributed by atoms with E-state index in [2.05, 4.69) is 12.2 Å². The summed E-state index contributed by atoms with van der Waals surface area (Å²) in [5.41, 5.74) is 2.72. The number of carbonyl (C=O) groups excluding carboxylic acids is 2. The number of ketones is 1. The van der Waals surface area contributed by atoms with Crippen LogP contribution in [0, 0.1) is 12.8 Å². The van der Waals surface area contributed by atoms with E-state index in [0.717, 1.165) is 44.6 Å². The predicted octanol–water partition coefficient (Wildman–Crippen LogP) is 3.69. The van der Waals surface area contributed by atoms with Crippen molar-refractivity contribution >= 4 is 11.7 Å². The van der Waals surface area contributed by atoms with Crippen LogP contribution in [0.2, 0.25) is 0 Å². The normalized spacial score (nSPS) is 15.0. The fourth-order valence-corrected chi connectivity index (χ4v) is 3.59. The van der Waals surface area contributed by atoms with Crippen molar-refractivity contribution in [1.29, 1.82) is 0 Å². The molecule has 0 unspecified atom stereocenters. The van der Waals surface area contributed by atoms with Crippen LogP contribution in [0.3, 0.4) is 0 Å². The standard InChI is InChI=1S/C23H28N2O2/c1-3-24-16-18-12-14-25(15-13-18)23(27)21-7-5-4-6-20(21)22(26)19-10-8-17(2)9-11-19/h4-11,18,24H,3,12-16H2,1-2H3. The second-order valence-electron chi connectivity index (χ2n) is 7.28. The largest absolute Gasteiger partial charge is 0.339 e. The molecule has 0 aliphatic carbocycles. The van der Waals surface area contributed by atoms with Gasteiger partial charge in [-0.05, 0) is 44.8 Å². The number of amides is 1. The maximum absolute atomic E-state index is 13.1. The van der Waals surface area contributed by atoms with Gasteiger partial charge in [0.25, 0.3) is 5.91 Å². The van der Waals surface area contributed by atoms with Crippen LogP contribution in [-0.2, 0) is 0 Å². The highest BCUT2D eigenvalue weighted by Crippen LogP contribution is 2.21. The summed E-state index contributed by atoms with van der Waals surface area (Å²) < 4.78 is 0. The number of benzene rings is 2. The van der Waals surface area contributed by atoms with E-state index in [1.54, 1.807) is 12.1 Å². The van der Waals surface area contributed by atoms with Crippen LogP contribution in [0.5, 0.6) is 0 Å². The lowest BCUT2D eigenvalue weighted by Crippen LogP contribution is -2.41. The maximum atomic E-state index is 13.1. The molecule has 4 heteroatoms. The Morgan fingerprint density at radius 3 is 2.26 bits per heavy atom. The van der Waals surface area contributed by atoms with Crippen molar-refractivity contribution in [2.75, 3.05) is 26.2 Å². The van der Waals surface area contributed by atoms with Gasteiger partial charge >= 0.3 is 0 Å². The summed E-state index contributed by atoms with van der Waals surface area (Å²) >= 11 is 0. The summed E-state index contributed by atoms with van der Waals surface area (Å²) in [5.74, 6) is 0.493. The van der Waals surface area contributed by atoms with Crippen molar-refractivity contribution < 1.29 is 9.59 Å². The Hall–Kier alpha value is -2.46. The molecule has 0 saturated carbocycles. The summed E-state index contributed by atoms with van der Waals surface area (Å²) in [6.07, 6.45) is 2.01. The molecular weight excluding hydrogens is 336 g/mol. The summed E-state index contributed by atoms with van der Waals surface area (Å²) in [5, 5.41) is 3.39. The molecule has 0 aromatic heterocycles. The first kappa shape index (κ1) is 19.3. The molecule has 0 radical (unpaired) electrons. The summed E-state index contributed by atoms with van der Waals surface area (Å²) in [4.78, 5) is 27.9.